The Balaban J connectivity index is 2.46. The Morgan fingerprint density at radius 1 is 1.05 bits per heavy atom. The molecule has 1 aromatic heterocycles. The standard InChI is InChI=1S/C16H13FO2/c1-2-5-10-8-9-12-11-6-3-4-7-13(11)16(18)19-15(12)14(10)17/h3-4,6-9H,2,5H2,1H3. The fourth-order valence-electron chi connectivity index (χ4n) is 2.41. The molecule has 3 rings (SSSR count). The molecule has 0 amide bonds. The van der Waals surface area contributed by atoms with Gasteiger partial charge in [-0.05, 0) is 18.1 Å². The number of aryl methyl sites for hydroxylation is 1. The second-order valence-corrected chi connectivity index (χ2v) is 4.60. The minimum absolute atomic E-state index is 0.0645. The van der Waals surface area contributed by atoms with Gasteiger partial charge in [-0.1, -0.05) is 43.7 Å². The maximum atomic E-state index is 14.3. The molecule has 0 spiro atoms. The van der Waals surface area contributed by atoms with Crippen LogP contribution in [0.3, 0.4) is 0 Å². The van der Waals surface area contributed by atoms with Crippen molar-refractivity contribution in [3.63, 3.8) is 0 Å². The van der Waals surface area contributed by atoms with E-state index in [9.17, 15) is 9.18 Å². The zero-order chi connectivity index (χ0) is 13.4. The third-order valence-corrected chi connectivity index (χ3v) is 3.33. The molecule has 1 heterocycles. The predicted octanol–water partition coefficient (Wildman–Crippen LogP) is 4.04. The van der Waals surface area contributed by atoms with Crippen molar-refractivity contribution in [1.29, 1.82) is 0 Å². The molecule has 96 valence electrons. The van der Waals surface area contributed by atoms with Crippen molar-refractivity contribution in [1.82, 2.24) is 0 Å². The van der Waals surface area contributed by atoms with E-state index in [1.807, 2.05) is 25.1 Å². The van der Waals surface area contributed by atoms with Crippen molar-refractivity contribution in [2.75, 3.05) is 0 Å². The van der Waals surface area contributed by atoms with Gasteiger partial charge in [-0.2, -0.15) is 0 Å². The molecule has 0 radical (unpaired) electrons. The first-order valence-corrected chi connectivity index (χ1v) is 6.35. The van der Waals surface area contributed by atoms with Crippen LogP contribution < -0.4 is 5.63 Å². The minimum atomic E-state index is -0.490. The van der Waals surface area contributed by atoms with E-state index in [1.165, 1.54) is 0 Å². The minimum Gasteiger partial charge on any atom is -0.419 e. The third-order valence-electron chi connectivity index (χ3n) is 3.33. The summed E-state index contributed by atoms with van der Waals surface area (Å²) in [4.78, 5) is 11.9. The van der Waals surface area contributed by atoms with Gasteiger partial charge in [0, 0.05) is 10.8 Å². The van der Waals surface area contributed by atoms with Crippen molar-refractivity contribution in [2.24, 2.45) is 0 Å². The van der Waals surface area contributed by atoms with Crippen LogP contribution in [0.4, 0.5) is 4.39 Å². The summed E-state index contributed by atoms with van der Waals surface area (Å²) in [6, 6.07) is 10.7. The Hall–Kier alpha value is -2.16. The number of hydrogen-bond donors (Lipinski definition) is 0. The summed E-state index contributed by atoms with van der Waals surface area (Å²) in [6.45, 7) is 1.99. The molecule has 3 aromatic rings. The van der Waals surface area contributed by atoms with Crippen molar-refractivity contribution >= 4 is 21.7 Å². The van der Waals surface area contributed by atoms with Crippen LogP contribution in [0.25, 0.3) is 21.7 Å². The molecule has 0 bridgehead atoms. The van der Waals surface area contributed by atoms with E-state index >= 15 is 0 Å². The van der Waals surface area contributed by atoms with Gasteiger partial charge in [-0.15, -0.1) is 0 Å². The van der Waals surface area contributed by atoms with Gasteiger partial charge in [-0.25, -0.2) is 9.18 Å². The molecule has 0 unspecified atom stereocenters. The van der Waals surface area contributed by atoms with E-state index < -0.39 is 11.4 Å². The zero-order valence-electron chi connectivity index (χ0n) is 10.6. The first kappa shape index (κ1) is 11.9. The monoisotopic (exact) mass is 256 g/mol. The van der Waals surface area contributed by atoms with E-state index in [4.69, 9.17) is 4.42 Å². The molecular weight excluding hydrogens is 243 g/mol. The molecule has 2 aromatic carbocycles. The summed E-state index contributed by atoms with van der Waals surface area (Å²) in [6.07, 6.45) is 1.48. The average Bonchev–Trinajstić information content (AvgIpc) is 2.43. The van der Waals surface area contributed by atoms with Gasteiger partial charge in [0.1, 0.15) is 0 Å². The SMILES string of the molecule is CCCc1ccc2c(oc(=O)c3ccccc32)c1F. The number of benzene rings is 2. The zero-order valence-corrected chi connectivity index (χ0v) is 10.6. The maximum absolute atomic E-state index is 14.3. The van der Waals surface area contributed by atoms with E-state index in [0.717, 1.165) is 11.8 Å². The fraction of sp³-hybridized carbons (Fsp3) is 0.188. The first-order valence-electron chi connectivity index (χ1n) is 6.35. The maximum Gasteiger partial charge on any atom is 0.344 e. The topological polar surface area (TPSA) is 30.2 Å². The molecule has 0 N–H and O–H groups in total. The molecule has 0 fully saturated rings. The lowest BCUT2D eigenvalue weighted by molar-refractivity contribution is 0.524. The molecule has 3 heteroatoms. The van der Waals surface area contributed by atoms with Crippen LogP contribution in [0.2, 0.25) is 0 Å². The van der Waals surface area contributed by atoms with Gasteiger partial charge in [0.15, 0.2) is 11.4 Å². The van der Waals surface area contributed by atoms with E-state index in [2.05, 4.69) is 0 Å². The molecule has 0 atom stereocenters. The number of hydrogen-bond acceptors (Lipinski definition) is 2. The Bertz CT molecular complexity index is 818. The summed E-state index contributed by atoms with van der Waals surface area (Å²) in [5.74, 6) is -0.415. The third kappa shape index (κ3) is 1.82. The lowest BCUT2D eigenvalue weighted by Crippen LogP contribution is -2.02. The molecule has 2 nitrogen and oxygen atoms in total. The Morgan fingerprint density at radius 3 is 2.53 bits per heavy atom. The summed E-state index contributed by atoms with van der Waals surface area (Å²) in [5.41, 5.74) is 0.165. The molecule has 19 heavy (non-hydrogen) atoms. The van der Waals surface area contributed by atoms with Crippen molar-refractivity contribution in [3.05, 3.63) is 58.2 Å². The van der Waals surface area contributed by atoms with Crippen LogP contribution >= 0.6 is 0 Å². The Labute approximate surface area is 109 Å². The quantitative estimate of drug-likeness (QED) is 0.511. The highest BCUT2D eigenvalue weighted by Gasteiger charge is 2.13. The number of halogens is 1. The van der Waals surface area contributed by atoms with E-state index in [1.54, 1.807) is 18.2 Å². The van der Waals surface area contributed by atoms with Crippen molar-refractivity contribution in [3.8, 4) is 0 Å². The highest BCUT2D eigenvalue weighted by molar-refractivity contribution is 6.04. The second-order valence-electron chi connectivity index (χ2n) is 4.60. The van der Waals surface area contributed by atoms with Gasteiger partial charge in [0.05, 0.1) is 5.39 Å². The van der Waals surface area contributed by atoms with Gasteiger partial charge in [0.25, 0.3) is 0 Å². The molecule has 0 aliphatic heterocycles. The summed E-state index contributed by atoms with van der Waals surface area (Å²) >= 11 is 0. The van der Waals surface area contributed by atoms with Crippen LogP contribution in [0.1, 0.15) is 18.9 Å². The fourth-order valence-corrected chi connectivity index (χ4v) is 2.41. The Morgan fingerprint density at radius 2 is 1.79 bits per heavy atom. The van der Waals surface area contributed by atoms with Crippen LogP contribution in [0, 0.1) is 5.82 Å². The highest BCUT2D eigenvalue weighted by atomic mass is 19.1. The van der Waals surface area contributed by atoms with Crippen LogP contribution in [-0.4, -0.2) is 0 Å². The molecular formula is C16H13FO2. The number of rotatable bonds is 2. The normalized spacial score (nSPS) is 11.3. The summed E-state index contributed by atoms with van der Waals surface area (Å²) in [5, 5.41) is 1.86. The lowest BCUT2D eigenvalue weighted by Gasteiger charge is -2.06. The second kappa shape index (κ2) is 4.50. The first-order chi connectivity index (χ1) is 9.22. The molecule has 0 saturated carbocycles. The Kier molecular flexibility index (Phi) is 2.82. The van der Waals surface area contributed by atoms with E-state index in [-0.39, 0.29) is 5.58 Å². The smallest absolute Gasteiger partial charge is 0.344 e. The average molecular weight is 256 g/mol. The van der Waals surface area contributed by atoms with Crippen molar-refractivity contribution < 1.29 is 8.81 Å². The van der Waals surface area contributed by atoms with Gasteiger partial charge < -0.3 is 4.42 Å². The highest BCUT2D eigenvalue weighted by Crippen LogP contribution is 2.26. The summed E-state index contributed by atoms with van der Waals surface area (Å²) < 4.78 is 19.5. The number of fused-ring (bicyclic) bond motifs is 3. The van der Waals surface area contributed by atoms with Gasteiger partial charge in [-0.3, -0.25) is 0 Å². The van der Waals surface area contributed by atoms with Gasteiger partial charge >= 0.3 is 5.63 Å². The van der Waals surface area contributed by atoms with E-state index in [0.29, 0.717) is 22.8 Å². The van der Waals surface area contributed by atoms with Crippen molar-refractivity contribution in [2.45, 2.75) is 19.8 Å². The predicted molar refractivity (Wildman–Crippen MR) is 73.9 cm³/mol. The van der Waals surface area contributed by atoms with Crippen LogP contribution in [-0.2, 0) is 6.42 Å². The largest absolute Gasteiger partial charge is 0.419 e. The lowest BCUT2D eigenvalue weighted by atomic mass is 10.0. The van der Waals surface area contributed by atoms with Gasteiger partial charge in [0.2, 0.25) is 0 Å². The van der Waals surface area contributed by atoms with Crippen LogP contribution in [0.5, 0.6) is 0 Å². The molecule has 0 saturated heterocycles. The van der Waals surface area contributed by atoms with Crippen LogP contribution in [0.15, 0.2) is 45.6 Å². The molecule has 0 aliphatic rings. The summed E-state index contributed by atoms with van der Waals surface area (Å²) in [7, 11) is 0. The molecule has 0 aliphatic carbocycles.